The lowest BCUT2D eigenvalue weighted by Crippen LogP contribution is -2.50. The van der Waals surface area contributed by atoms with E-state index < -0.39 is 0 Å². The number of carbonyl (C=O) groups is 1. The summed E-state index contributed by atoms with van der Waals surface area (Å²) in [4.78, 5) is 14.4. The Kier molecular flexibility index (Phi) is 4.21. The first kappa shape index (κ1) is 14.5. The van der Waals surface area contributed by atoms with Crippen LogP contribution in [-0.4, -0.2) is 64.5 Å². The molecule has 21 heavy (non-hydrogen) atoms. The summed E-state index contributed by atoms with van der Waals surface area (Å²) in [7, 11) is 0. The normalized spacial score (nSPS) is 23.0. The predicted molar refractivity (Wildman–Crippen MR) is 77.0 cm³/mol. The standard InChI is InChI=1S/C14H23N5O2/c1-10(2)13-17-16-12-3-5-18(6-7-19(12)13)14(20)11-9-15-4-8-21-11/h10-11,15H,3-9H2,1-2H3/t11-/m1/s1. The molecular formula is C14H23N5O2. The van der Waals surface area contributed by atoms with Crippen LogP contribution in [0.1, 0.15) is 31.4 Å². The number of ether oxygens (including phenoxy) is 1. The second-order valence-corrected chi connectivity index (χ2v) is 5.92. The maximum atomic E-state index is 12.5. The average molecular weight is 293 g/mol. The molecule has 1 aromatic rings. The van der Waals surface area contributed by atoms with E-state index in [4.69, 9.17) is 4.74 Å². The Labute approximate surface area is 124 Å². The minimum atomic E-state index is -0.341. The molecule has 1 amide bonds. The van der Waals surface area contributed by atoms with Gasteiger partial charge in [-0.2, -0.15) is 0 Å². The van der Waals surface area contributed by atoms with Crippen molar-refractivity contribution in [3.8, 4) is 0 Å². The summed E-state index contributed by atoms with van der Waals surface area (Å²) in [5, 5.41) is 11.8. The monoisotopic (exact) mass is 293 g/mol. The zero-order valence-corrected chi connectivity index (χ0v) is 12.7. The topological polar surface area (TPSA) is 72.3 Å². The minimum Gasteiger partial charge on any atom is -0.366 e. The molecule has 3 heterocycles. The third-order valence-electron chi connectivity index (χ3n) is 4.09. The molecule has 116 valence electrons. The summed E-state index contributed by atoms with van der Waals surface area (Å²) in [5.74, 6) is 2.43. The first-order chi connectivity index (χ1) is 10.2. The summed E-state index contributed by atoms with van der Waals surface area (Å²) >= 11 is 0. The quantitative estimate of drug-likeness (QED) is 0.816. The van der Waals surface area contributed by atoms with E-state index in [2.05, 4.69) is 33.9 Å². The fourth-order valence-corrected chi connectivity index (χ4v) is 2.92. The van der Waals surface area contributed by atoms with Gasteiger partial charge in [0.05, 0.1) is 6.61 Å². The van der Waals surface area contributed by atoms with E-state index in [0.717, 1.165) is 31.2 Å². The molecule has 2 aliphatic rings. The van der Waals surface area contributed by atoms with Crippen LogP contribution < -0.4 is 5.32 Å². The molecule has 2 aliphatic heterocycles. The largest absolute Gasteiger partial charge is 0.366 e. The van der Waals surface area contributed by atoms with Crippen LogP contribution in [0.15, 0.2) is 0 Å². The molecule has 1 saturated heterocycles. The molecule has 0 aliphatic carbocycles. The zero-order chi connectivity index (χ0) is 14.8. The van der Waals surface area contributed by atoms with Crippen LogP contribution in [0.4, 0.5) is 0 Å². The Bertz CT molecular complexity index is 507. The third-order valence-corrected chi connectivity index (χ3v) is 4.09. The first-order valence-electron chi connectivity index (χ1n) is 7.70. The second kappa shape index (κ2) is 6.11. The third kappa shape index (κ3) is 2.94. The van der Waals surface area contributed by atoms with Crippen molar-refractivity contribution < 1.29 is 9.53 Å². The summed E-state index contributed by atoms with van der Waals surface area (Å²) in [6.45, 7) is 8.42. The van der Waals surface area contributed by atoms with Crippen LogP contribution >= 0.6 is 0 Å². The molecule has 0 unspecified atom stereocenters. The van der Waals surface area contributed by atoms with E-state index in [0.29, 0.717) is 32.2 Å². The van der Waals surface area contributed by atoms with Gasteiger partial charge in [-0.1, -0.05) is 13.8 Å². The van der Waals surface area contributed by atoms with Gasteiger partial charge in [0.2, 0.25) is 0 Å². The predicted octanol–water partition coefficient (Wildman–Crippen LogP) is -0.225. The minimum absolute atomic E-state index is 0.0898. The number of aromatic nitrogens is 3. The Morgan fingerprint density at radius 1 is 1.33 bits per heavy atom. The SMILES string of the molecule is CC(C)c1nnc2n1CCN(C(=O)[C@H]1CNCCO1)CC2. The highest BCUT2D eigenvalue weighted by molar-refractivity contribution is 5.81. The van der Waals surface area contributed by atoms with Gasteiger partial charge in [0, 0.05) is 45.1 Å². The number of nitrogens with one attached hydrogen (secondary N) is 1. The van der Waals surface area contributed by atoms with Gasteiger partial charge < -0.3 is 19.5 Å². The Hall–Kier alpha value is -1.47. The lowest BCUT2D eigenvalue weighted by molar-refractivity contribution is -0.145. The van der Waals surface area contributed by atoms with Crippen molar-refractivity contribution in [3.63, 3.8) is 0 Å². The molecule has 1 aromatic heterocycles. The molecule has 3 rings (SSSR count). The van der Waals surface area contributed by atoms with E-state index in [1.165, 1.54) is 0 Å². The maximum Gasteiger partial charge on any atom is 0.253 e. The van der Waals surface area contributed by atoms with Gasteiger partial charge >= 0.3 is 0 Å². The van der Waals surface area contributed by atoms with Crippen molar-refractivity contribution in [2.75, 3.05) is 32.8 Å². The van der Waals surface area contributed by atoms with Gasteiger partial charge in [-0.3, -0.25) is 4.79 Å². The summed E-state index contributed by atoms with van der Waals surface area (Å²) < 4.78 is 7.73. The molecule has 1 N–H and O–H groups in total. The van der Waals surface area contributed by atoms with E-state index in [1.807, 2.05) is 4.90 Å². The number of hydrogen-bond acceptors (Lipinski definition) is 5. The maximum absolute atomic E-state index is 12.5. The van der Waals surface area contributed by atoms with Crippen molar-refractivity contribution >= 4 is 5.91 Å². The van der Waals surface area contributed by atoms with Crippen molar-refractivity contribution in [1.82, 2.24) is 25.0 Å². The Morgan fingerprint density at radius 2 is 2.19 bits per heavy atom. The molecule has 1 fully saturated rings. The molecule has 0 bridgehead atoms. The first-order valence-corrected chi connectivity index (χ1v) is 7.70. The molecule has 0 aromatic carbocycles. The lowest BCUT2D eigenvalue weighted by atomic mass is 10.2. The second-order valence-electron chi connectivity index (χ2n) is 5.92. The highest BCUT2D eigenvalue weighted by Gasteiger charge is 2.29. The van der Waals surface area contributed by atoms with Crippen LogP contribution in [0.2, 0.25) is 0 Å². The van der Waals surface area contributed by atoms with Crippen LogP contribution in [0.25, 0.3) is 0 Å². The highest BCUT2D eigenvalue weighted by atomic mass is 16.5. The number of amides is 1. The van der Waals surface area contributed by atoms with Crippen molar-refractivity contribution in [3.05, 3.63) is 11.6 Å². The van der Waals surface area contributed by atoms with Gasteiger partial charge in [-0.15, -0.1) is 10.2 Å². The van der Waals surface area contributed by atoms with E-state index in [9.17, 15) is 4.79 Å². The van der Waals surface area contributed by atoms with Gasteiger partial charge in [0.25, 0.3) is 5.91 Å². The van der Waals surface area contributed by atoms with Gasteiger partial charge in [-0.25, -0.2) is 0 Å². The van der Waals surface area contributed by atoms with Crippen LogP contribution in [0.5, 0.6) is 0 Å². The van der Waals surface area contributed by atoms with Gasteiger partial charge in [0.15, 0.2) is 0 Å². The number of rotatable bonds is 2. The van der Waals surface area contributed by atoms with Gasteiger partial charge in [0.1, 0.15) is 17.8 Å². The number of fused-ring (bicyclic) bond motifs is 1. The van der Waals surface area contributed by atoms with Crippen LogP contribution in [0, 0.1) is 0 Å². The molecule has 0 spiro atoms. The summed E-state index contributed by atoms with van der Waals surface area (Å²) in [6.07, 6.45) is 0.415. The molecule has 0 saturated carbocycles. The van der Waals surface area contributed by atoms with Crippen LogP contribution in [0.3, 0.4) is 0 Å². The number of carbonyl (C=O) groups excluding carboxylic acids is 1. The molecular weight excluding hydrogens is 270 g/mol. The number of morpholine rings is 1. The molecule has 7 heteroatoms. The van der Waals surface area contributed by atoms with Crippen molar-refractivity contribution in [1.29, 1.82) is 0 Å². The summed E-state index contributed by atoms with van der Waals surface area (Å²) in [6, 6.07) is 0. The van der Waals surface area contributed by atoms with E-state index in [1.54, 1.807) is 0 Å². The van der Waals surface area contributed by atoms with Crippen LogP contribution in [-0.2, 0) is 22.5 Å². The Balaban J connectivity index is 1.68. The summed E-state index contributed by atoms with van der Waals surface area (Å²) in [5.41, 5.74) is 0. The smallest absolute Gasteiger partial charge is 0.253 e. The van der Waals surface area contributed by atoms with E-state index >= 15 is 0 Å². The highest BCUT2D eigenvalue weighted by Crippen LogP contribution is 2.17. The van der Waals surface area contributed by atoms with Crippen molar-refractivity contribution in [2.45, 2.75) is 38.8 Å². The zero-order valence-electron chi connectivity index (χ0n) is 12.7. The molecule has 0 radical (unpaired) electrons. The fraction of sp³-hybridized carbons (Fsp3) is 0.786. The van der Waals surface area contributed by atoms with Crippen molar-refractivity contribution in [2.24, 2.45) is 0 Å². The van der Waals surface area contributed by atoms with Gasteiger partial charge in [-0.05, 0) is 0 Å². The molecule has 7 nitrogen and oxygen atoms in total. The lowest BCUT2D eigenvalue weighted by Gasteiger charge is -2.28. The average Bonchev–Trinajstić information content (AvgIpc) is 2.80. The molecule has 1 atom stereocenters. The van der Waals surface area contributed by atoms with E-state index in [-0.39, 0.29) is 12.0 Å². The number of nitrogens with zero attached hydrogens (tertiary/aromatic N) is 4. The number of hydrogen-bond donors (Lipinski definition) is 1. The fourth-order valence-electron chi connectivity index (χ4n) is 2.92. The Morgan fingerprint density at radius 3 is 2.90 bits per heavy atom.